The predicted octanol–water partition coefficient (Wildman–Crippen LogP) is 4.30. The number of carbonyl (C=O) groups is 2. The first kappa shape index (κ1) is 22.5. The highest BCUT2D eigenvalue weighted by Gasteiger charge is 2.24. The van der Waals surface area contributed by atoms with E-state index in [2.05, 4.69) is 10.3 Å². The summed E-state index contributed by atoms with van der Waals surface area (Å²) >= 11 is 0. The van der Waals surface area contributed by atoms with Gasteiger partial charge in [0.05, 0.1) is 23.6 Å². The van der Waals surface area contributed by atoms with E-state index in [4.69, 9.17) is 8.83 Å². The second-order valence-electron chi connectivity index (χ2n) is 8.88. The van der Waals surface area contributed by atoms with Gasteiger partial charge in [0.2, 0.25) is 5.91 Å². The largest absolute Gasteiger partial charge is 0.480 e. The van der Waals surface area contributed by atoms with Crippen LogP contribution in [0.4, 0.5) is 0 Å². The molecule has 0 aliphatic heterocycles. The lowest BCUT2D eigenvalue weighted by Crippen LogP contribution is -2.43. The summed E-state index contributed by atoms with van der Waals surface area (Å²) in [7, 11) is 0. The summed E-state index contributed by atoms with van der Waals surface area (Å²) in [6, 6.07) is 8.18. The van der Waals surface area contributed by atoms with Crippen LogP contribution in [-0.2, 0) is 22.4 Å². The molecular formula is C27H24N2O6. The Morgan fingerprint density at radius 2 is 1.89 bits per heavy atom. The number of aliphatic carboxylic acids is 1. The third-order valence-electron chi connectivity index (χ3n) is 6.54. The molecule has 0 bridgehead atoms. The number of nitrogens with one attached hydrogen (secondary N) is 2. The van der Waals surface area contributed by atoms with Crippen LogP contribution in [0, 0.1) is 20.8 Å². The van der Waals surface area contributed by atoms with Crippen molar-refractivity contribution in [2.45, 2.75) is 39.7 Å². The fourth-order valence-corrected chi connectivity index (χ4v) is 4.80. The van der Waals surface area contributed by atoms with Gasteiger partial charge in [-0.2, -0.15) is 0 Å². The average molecular weight is 472 g/mol. The second-order valence-corrected chi connectivity index (χ2v) is 8.88. The number of aromatic nitrogens is 1. The average Bonchev–Trinajstić information content (AvgIpc) is 3.40. The highest BCUT2D eigenvalue weighted by Crippen LogP contribution is 2.34. The number of aryl methyl sites for hydroxylation is 3. The topological polar surface area (TPSA) is 126 Å². The summed E-state index contributed by atoms with van der Waals surface area (Å²) in [4.78, 5) is 40.7. The molecule has 0 spiro atoms. The van der Waals surface area contributed by atoms with Gasteiger partial charge in [0.25, 0.3) is 0 Å². The molecule has 2 aromatic carbocycles. The molecule has 3 N–H and O–H groups in total. The quantitative estimate of drug-likeness (QED) is 0.316. The zero-order chi connectivity index (χ0) is 24.9. The number of carboxylic acid groups (broad SMARTS) is 1. The minimum Gasteiger partial charge on any atom is -0.480 e. The van der Waals surface area contributed by atoms with Gasteiger partial charge in [-0.1, -0.05) is 18.2 Å². The number of aromatic amines is 1. The zero-order valence-corrected chi connectivity index (χ0v) is 19.5. The van der Waals surface area contributed by atoms with Gasteiger partial charge in [-0.3, -0.25) is 4.79 Å². The van der Waals surface area contributed by atoms with Crippen molar-refractivity contribution < 1.29 is 23.5 Å². The Morgan fingerprint density at radius 3 is 2.66 bits per heavy atom. The molecule has 0 aliphatic rings. The van der Waals surface area contributed by atoms with Crippen LogP contribution in [0.15, 0.2) is 56.4 Å². The Balaban J connectivity index is 1.45. The maximum absolute atomic E-state index is 12.9. The standard InChI is InChI=1S/C27H24N2O6/c1-13-8-21-24(25-23(13)14(2)12-34-25)15(3)18(27(33)35-21)10-22(30)29-20(26(31)32)9-16-11-28-19-7-5-4-6-17(16)19/h4-8,11-12,20,28H,9-10H2,1-3H3,(H,29,30)(H,31,32). The van der Waals surface area contributed by atoms with E-state index in [0.717, 1.165) is 33.0 Å². The molecule has 3 heterocycles. The van der Waals surface area contributed by atoms with Crippen molar-refractivity contribution in [3.63, 3.8) is 0 Å². The fraction of sp³-hybridized carbons (Fsp3) is 0.222. The first-order chi connectivity index (χ1) is 16.7. The van der Waals surface area contributed by atoms with Crippen molar-refractivity contribution in [3.8, 4) is 0 Å². The third kappa shape index (κ3) is 3.86. The van der Waals surface area contributed by atoms with Crippen LogP contribution >= 0.6 is 0 Å². The van der Waals surface area contributed by atoms with E-state index in [1.807, 2.05) is 38.1 Å². The molecule has 5 rings (SSSR count). The first-order valence-corrected chi connectivity index (χ1v) is 11.3. The fourth-order valence-electron chi connectivity index (χ4n) is 4.80. The molecule has 1 unspecified atom stereocenters. The van der Waals surface area contributed by atoms with Crippen LogP contribution in [0.25, 0.3) is 32.8 Å². The van der Waals surface area contributed by atoms with Gasteiger partial charge < -0.3 is 24.2 Å². The van der Waals surface area contributed by atoms with E-state index < -0.39 is 23.5 Å². The second kappa shape index (κ2) is 8.47. The number of rotatable bonds is 6. The van der Waals surface area contributed by atoms with Gasteiger partial charge in [0, 0.05) is 28.9 Å². The molecule has 0 fully saturated rings. The molecule has 35 heavy (non-hydrogen) atoms. The van der Waals surface area contributed by atoms with Crippen molar-refractivity contribution in [1.82, 2.24) is 10.3 Å². The Labute approximate surface area is 199 Å². The molecule has 0 saturated carbocycles. The molecular weight excluding hydrogens is 448 g/mol. The summed E-state index contributed by atoms with van der Waals surface area (Å²) in [5.74, 6) is -1.74. The number of carboxylic acids is 1. The summed E-state index contributed by atoms with van der Waals surface area (Å²) < 4.78 is 11.3. The van der Waals surface area contributed by atoms with E-state index in [9.17, 15) is 19.5 Å². The van der Waals surface area contributed by atoms with Gasteiger partial charge >= 0.3 is 11.6 Å². The Morgan fingerprint density at radius 1 is 1.11 bits per heavy atom. The van der Waals surface area contributed by atoms with Crippen LogP contribution in [0.3, 0.4) is 0 Å². The van der Waals surface area contributed by atoms with Crippen LogP contribution in [0.1, 0.15) is 27.8 Å². The van der Waals surface area contributed by atoms with E-state index >= 15 is 0 Å². The Kier molecular flexibility index (Phi) is 5.43. The van der Waals surface area contributed by atoms with Gasteiger partial charge in [0.15, 0.2) is 0 Å². The number of amides is 1. The molecule has 0 saturated heterocycles. The number of benzene rings is 2. The van der Waals surface area contributed by atoms with Gasteiger partial charge in [0.1, 0.15) is 17.2 Å². The molecule has 8 nitrogen and oxygen atoms in total. The molecule has 1 amide bonds. The highest BCUT2D eigenvalue weighted by molar-refractivity contribution is 6.07. The van der Waals surface area contributed by atoms with E-state index in [1.165, 1.54) is 0 Å². The molecule has 0 radical (unpaired) electrons. The van der Waals surface area contributed by atoms with Crippen LogP contribution in [-0.4, -0.2) is 28.0 Å². The highest BCUT2D eigenvalue weighted by atomic mass is 16.4. The van der Waals surface area contributed by atoms with Crippen LogP contribution in [0.2, 0.25) is 0 Å². The summed E-state index contributed by atoms with van der Waals surface area (Å²) in [6.45, 7) is 5.60. The number of para-hydroxylation sites is 1. The van der Waals surface area contributed by atoms with Crippen molar-refractivity contribution in [3.05, 3.63) is 81.0 Å². The lowest BCUT2D eigenvalue weighted by atomic mass is 9.98. The Hall–Kier alpha value is -4.33. The maximum Gasteiger partial charge on any atom is 0.340 e. The van der Waals surface area contributed by atoms with Gasteiger partial charge in [-0.05, 0) is 55.2 Å². The summed E-state index contributed by atoms with van der Waals surface area (Å²) in [5, 5.41) is 14.8. The monoisotopic (exact) mass is 472 g/mol. The molecule has 0 aliphatic carbocycles. The molecule has 8 heteroatoms. The number of hydrogen-bond acceptors (Lipinski definition) is 5. The summed E-state index contributed by atoms with van der Waals surface area (Å²) in [5.41, 5.74) is 4.66. The summed E-state index contributed by atoms with van der Waals surface area (Å²) in [6.07, 6.45) is 3.18. The minimum absolute atomic E-state index is 0.0992. The Bertz CT molecular complexity index is 1690. The lowest BCUT2D eigenvalue weighted by molar-refractivity contribution is -0.141. The molecule has 3 aromatic heterocycles. The third-order valence-corrected chi connectivity index (χ3v) is 6.54. The van der Waals surface area contributed by atoms with E-state index in [1.54, 1.807) is 25.5 Å². The number of furan rings is 1. The molecule has 5 aromatic rings. The van der Waals surface area contributed by atoms with Gasteiger partial charge in [-0.15, -0.1) is 0 Å². The van der Waals surface area contributed by atoms with E-state index in [-0.39, 0.29) is 18.4 Å². The van der Waals surface area contributed by atoms with Crippen LogP contribution in [0.5, 0.6) is 0 Å². The van der Waals surface area contributed by atoms with Gasteiger partial charge in [-0.25, -0.2) is 9.59 Å². The molecule has 178 valence electrons. The first-order valence-electron chi connectivity index (χ1n) is 11.3. The lowest BCUT2D eigenvalue weighted by Gasteiger charge is -2.15. The minimum atomic E-state index is -1.16. The van der Waals surface area contributed by atoms with Crippen LogP contribution < -0.4 is 10.9 Å². The smallest absolute Gasteiger partial charge is 0.340 e. The normalized spacial score (nSPS) is 12.4. The number of fused-ring (bicyclic) bond motifs is 4. The maximum atomic E-state index is 12.9. The molecule has 1 atom stereocenters. The van der Waals surface area contributed by atoms with Crippen molar-refractivity contribution >= 4 is 44.7 Å². The number of H-pyrrole nitrogens is 1. The zero-order valence-electron chi connectivity index (χ0n) is 19.5. The van der Waals surface area contributed by atoms with Crippen molar-refractivity contribution in [1.29, 1.82) is 0 Å². The van der Waals surface area contributed by atoms with Crippen molar-refractivity contribution in [2.75, 3.05) is 0 Å². The van der Waals surface area contributed by atoms with E-state index in [0.29, 0.717) is 22.1 Å². The SMILES string of the molecule is Cc1coc2c1c(C)cc1oc(=O)c(CC(=O)NC(Cc3c[nH]c4ccccc34)C(=O)O)c(C)c12. The van der Waals surface area contributed by atoms with Crippen molar-refractivity contribution in [2.24, 2.45) is 0 Å². The number of carbonyl (C=O) groups excluding carboxylic acids is 1. The number of hydrogen-bond donors (Lipinski definition) is 3. The predicted molar refractivity (Wildman–Crippen MR) is 132 cm³/mol.